The number of rotatable bonds is 4. The van der Waals surface area contributed by atoms with Crippen molar-refractivity contribution in [2.75, 3.05) is 0 Å². The summed E-state index contributed by atoms with van der Waals surface area (Å²) in [4.78, 5) is 21.5. The number of nitro groups is 1. The zero-order chi connectivity index (χ0) is 16.4. The number of hydrogen-bond donors (Lipinski definition) is 2. The summed E-state index contributed by atoms with van der Waals surface area (Å²) >= 11 is 0. The Morgan fingerprint density at radius 3 is 2.48 bits per heavy atom. The van der Waals surface area contributed by atoms with Gasteiger partial charge in [-0.25, -0.2) is 0 Å². The number of carbonyl (C=O) groups excluding carboxylic acids is 1. The lowest BCUT2D eigenvalue weighted by molar-refractivity contribution is -0.385. The number of nitrogens with zero attached hydrogens (tertiary/aromatic N) is 2. The van der Waals surface area contributed by atoms with Gasteiger partial charge in [0.15, 0.2) is 0 Å². The number of H-pyrrole nitrogens is 1. The minimum Gasteiger partial charge on any atom is -0.339 e. The molecule has 21 heavy (non-hydrogen) atoms. The van der Waals surface area contributed by atoms with E-state index in [0.29, 0.717) is 0 Å². The molecule has 1 rings (SSSR count). The molecule has 0 radical (unpaired) electrons. The molecular weight excluding hydrogens is 293 g/mol. The SMILES string of the molecule is CC(C)(C)C[C@@H](NC(=O)c1[nH]ncc1[N+](=O)[O-])C(F)(F)F. The lowest BCUT2D eigenvalue weighted by Gasteiger charge is -2.28. The lowest BCUT2D eigenvalue weighted by atomic mass is 9.88. The van der Waals surface area contributed by atoms with Crippen molar-refractivity contribution in [3.8, 4) is 0 Å². The molecule has 1 aromatic heterocycles. The second-order valence-electron chi connectivity index (χ2n) is 5.72. The summed E-state index contributed by atoms with van der Waals surface area (Å²) < 4.78 is 38.8. The van der Waals surface area contributed by atoms with Gasteiger partial charge in [0, 0.05) is 0 Å². The van der Waals surface area contributed by atoms with E-state index in [9.17, 15) is 28.1 Å². The maximum Gasteiger partial charge on any atom is 0.408 e. The fourth-order valence-corrected chi connectivity index (χ4v) is 1.68. The Hall–Kier alpha value is -2.13. The molecule has 0 saturated heterocycles. The van der Waals surface area contributed by atoms with Crippen molar-refractivity contribution in [3.05, 3.63) is 22.0 Å². The van der Waals surface area contributed by atoms with E-state index >= 15 is 0 Å². The van der Waals surface area contributed by atoms with Gasteiger partial charge in [0.1, 0.15) is 12.2 Å². The second-order valence-corrected chi connectivity index (χ2v) is 5.72. The van der Waals surface area contributed by atoms with Gasteiger partial charge in [-0.15, -0.1) is 0 Å². The molecular formula is C11H15F3N4O3. The Morgan fingerprint density at radius 2 is 2.05 bits per heavy atom. The molecule has 1 atom stereocenters. The molecule has 0 aliphatic heterocycles. The van der Waals surface area contributed by atoms with E-state index in [-0.39, 0.29) is 6.42 Å². The van der Waals surface area contributed by atoms with Crippen molar-refractivity contribution >= 4 is 11.6 Å². The third kappa shape index (κ3) is 4.72. The Balaban J connectivity index is 2.96. The van der Waals surface area contributed by atoms with Crippen molar-refractivity contribution in [2.24, 2.45) is 5.41 Å². The van der Waals surface area contributed by atoms with Crippen LogP contribution in [-0.2, 0) is 0 Å². The average Bonchev–Trinajstić information content (AvgIpc) is 2.73. The van der Waals surface area contributed by atoms with Gasteiger partial charge in [0.05, 0.1) is 4.92 Å². The molecule has 1 amide bonds. The third-order valence-corrected chi connectivity index (χ3v) is 2.56. The van der Waals surface area contributed by atoms with E-state index in [4.69, 9.17) is 0 Å². The molecule has 1 aromatic rings. The smallest absolute Gasteiger partial charge is 0.339 e. The van der Waals surface area contributed by atoms with Crippen LogP contribution < -0.4 is 5.32 Å². The summed E-state index contributed by atoms with van der Waals surface area (Å²) in [6.07, 6.45) is -4.25. The highest BCUT2D eigenvalue weighted by Gasteiger charge is 2.43. The lowest BCUT2D eigenvalue weighted by Crippen LogP contribution is -2.47. The molecule has 0 spiro atoms. The number of aromatic nitrogens is 2. The van der Waals surface area contributed by atoms with Crippen LogP contribution >= 0.6 is 0 Å². The number of amides is 1. The zero-order valence-corrected chi connectivity index (χ0v) is 11.6. The highest BCUT2D eigenvalue weighted by molar-refractivity contribution is 5.96. The van der Waals surface area contributed by atoms with Crippen molar-refractivity contribution in [2.45, 2.75) is 39.4 Å². The predicted octanol–water partition coefficient (Wildman–Crippen LogP) is 2.41. The molecule has 10 heteroatoms. The standard InChI is InChI=1S/C11H15F3N4O3/c1-10(2,3)4-7(11(12,13)14)16-9(19)8-6(18(20)21)5-15-17-8/h5,7H,4H2,1-3H3,(H,15,17)(H,16,19)/t7-/m1/s1. The van der Waals surface area contributed by atoms with Crippen molar-refractivity contribution in [3.63, 3.8) is 0 Å². The van der Waals surface area contributed by atoms with Crippen LogP contribution in [0.25, 0.3) is 0 Å². The summed E-state index contributed by atoms with van der Waals surface area (Å²) in [6, 6.07) is -2.10. The van der Waals surface area contributed by atoms with Crippen LogP contribution in [0.15, 0.2) is 6.20 Å². The van der Waals surface area contributed by atoms with Crippen LogP contribution in [0, 0.1) is 15.5 Å². The molecule has 0 saturated carbocycles. The van der Waals surface area contributed by atoms with Crippen molar-refractivity contribution in [1.82, 2.24) is 15.5 Å². The molecule has 118 valence electrons. The van der Waals surface area contributed by atoms with Gasteiger partial charge in [0.2, 0.25) is 5.69 Å². The fourth-order valence-electron chi connectivity index (χ4n) is 1.68. The molecule has 0 aliphatic rings. The molecule has 0 unspecified atom stereocenters. The van der Waals surface area contributed by atoms with Crippen molar-refractivity contribution < 1.29 is 22.9 Å². The van der Waals surface area contributed by atoms with E-state index < -0.39 is 39.8 Å². The monoisotopic (exact) mass is 308 g/mol. The second kappa shape index (κ2) is 5.70. The quantitative estimate of drug-likeness (QED) is 0.658. The van der Waals surface area contributed by atoms with Gasteiger partial charge in [-0.3, -0.25) is 20.0 Å². The normalized spacial score (nSPS) is 13.8. The summed E-state index contributed by atoms with van der Waals surface area (Å²) in [7, 11) is 0. The van der Waals surface area contributed by atoms with Gasteiger partial charge in [0.25, 0.3) is 5.91 Å². The van der Waals surface area contributed by atoms with Gasteiger partial charge in [-0.1, -0.05) is 20.8 Å². The summed E-state index contributed by atoms with van der Waals surface area (Å²) in [5.74, 6) is -1.22. The third-order valence-electron chi connectivity index (χ3n) is 2.56. The predicted molar refractivity (Wildman–Crippen MR) is 66.6 cm³/mol. The van der Waals surface area contributed by atoms with Crippen LogP contribution in [0.1, 0.15) is 37.7 Å². The first-order chi connectivity index (χ1) is 9.42. The number of alkyl halides is 3. The maximum absolute atomic E-state index is 12.9. The summed E-state index contributed by atoms with van der Waals surface area (Å²) in [5.41, 5.74) is -1.97. The molecule has 0 aliphatic carbocycles. The Bertz CT molecular complexity index is 534. The summed E-state index contributed by atoms with van der Waals surface area (Å²) in [5, 5.41) is 17.7. The molecule has 2 N–H and O–H groups in total. The van der Waals surface area contributed by atoms with Crippen LogP contribution in [0.3, 0.4) is 0 Å². The largest absolute Gasteiger partial charge is 0.408 e. The van der Waals surface area contributed by atoms with Gasteiger partial charge < -0.3 is 5.32 Å². The van der Waals surface area contributed by atoms with E-state index in [1.807, 2.05) is 5.10 Å². The minimum absolute atomic E-state index is 0.357. The van der Waals surface area contributed by atoms with E-state index in [1.54, 1.807) is 26.1 Å². The van der Waals surface area contributed by atoms with Gasteiger partial charge in [-0.05, 0) is 11.8 Å². The Labute approximate surface area is 118 Å². The molecule has 0 aromatic carbocycles. The van der Waals surface area contributed by atoms with Crippen molar-refractivity contribution in [1.29, 1.82) is 0 Å². The molecule has 1 heterocycles. The molecule has 0 bridgehead atoms. The average molecular weight is 308 g/mol. The molecule has 0 fully saturated rings. The number of carbonyl (C=O) groups is 1. The fraction of sp³-hybridized carbons (Fsp3) is 0.636. The molecule has 7 nitrogen and oxygen atoms in total. The number of aromatic amines is 1. The minimum atomic E-state index is -4.66. The summed E-state index contributed by atoms with van der Waals surface area (Å²) in [6.45, 7) is 4.78. The number of halogens is 3. The van der Waals surface area contributed by atoms with Gasteiger partial charge in [-0.2, -0.15) is 18.3 Å². The van der Waals surface area contributed by atoms with Crippen LogP contribution in [-0.4, -0.2) is 33.2 Å². The van der Waals surface area contributed by atoms with Crippen LogP contribution in [0.2, 0.25) is 0 Å². The first kappa shape index (κ1) is 16.9. The van der Waals surface area contributed by atoms with Gasteiger partial charge >= 0.3 is 11.9 Å². The Kier molecular flexibility index (Phi) is 4.59. The zero-order valence-electron chi connectivity index (χ0n) is 11.6. The topological polar surface area (TPSA) is 101 Å². The van der Waals surface area contributed by atoms with E-state index in [1.165, 1.54) is 0 Å². The first-order valence-corrected chi connectivity index (χ1v) is 5.97. The van der Waals surface area contributed by atoms with E-state index in [2.05, 4.69) is 5.10 Å². The van der Waals surface area contributed by atoms with E-state index in [0.717, 1.165) is 6.20 Å². The first-order valence-electron chi connectivity index (χ1n) is 5.97. The van der Waals surface area contributed by atoms with Crippen LogP contribution in [0.5, 0.6) is 0 Å². The van der Waals surface area contributed by atoms with Crippen LogP contribution in [0.4, 0.5) is 18.9 Å². The Morgan fingerprint density at radius 1 is 1.48 bits per heavy atom. The number of hydrogen-bond acceptors (Lipinski definition) is 4. The maximum atomic E-state index is 12.9. The number of nitrogens with one attached hydrogen (secondary N) is 2. The highest BCUT2D eigenvalue weighted by atomic mass is 19.4. The highest BCUT2D eigenvalue weighted by Crippen LogP contribution is 2.31.